The van der Waals surface area contributed by atoms with Gasteiger partial charge >= 0.3 is 0 Å². The van der Waals surface area contributed by atoms with Crippen LogP contribution in [-0.2, 0) is 5.60 Å². The van der Waals surface area contributed by atoms with Gasteiger partial charge in [-0.15, -0.1) is 0 Å². The van der Waals surface area contributed by atoms with Crippen LogP contribution in [0.15, 0.2) is 58.6 Å². The number of anilines is 2. The van der Waals surface area contributed by atoms with Crippen molar-refractivity contribution >= 4 is 28.7 Å². The molecule has 0 fully saturated rings. The Hall–Kier alpha value is -3.32. The summed E-state index contributed by atoms with van der Waals surface area (Å²) < 4.78 is 5.79. The number of ether oxygens (including phenoxy) is 1. The van der Waals surface area contributed by atoms with Gasteiger partial charge in [0.1, 0.15) is 12.4 Å². The highest BCUT2D eigenvalue weighted by Gasteiger charge is 2.26. The summed E-state index contributed by atoms with van der Waals surface area (Å²) in [5.41, 5.74) is 3.77. The van der Waals surface area contributed by atoms with Crippen molar-refractivity contribution in [1.29, 1.82) is 0 Å². The van der Waals surface area contributed by atoms with Gasteiger partial charge in [0, 0.05) is 30.5 Å². The molecule has 0 aromatic heterocycles. The lowest BCUT2D eigenvalue weighted by Crippen LogP contribution is -2.36. The number of hydrogen-bond acceptors (Lipinski definition) is 7. The molecule has 3 heterocycles. The summed E-state index contributed by atoms with van der Waals surface area (Å²) >= 11 is 0. The largest absolute Gasteiger partial charge is 0.490 e. The average molecular weight is 403 g/mol. The first-order valence-electron chi connectivity index (χ1n) is 10.2. The Morgan fingerprint density at radius 3 is 2.80 bits per heavy atom. The molecule has 0 saturated carbocycles. The van der Waals surface area contributed by atoms with Crippen molar-refractivity contribution < 1.29 is 9.84 Å². The first kappa shape index (κ1) is 18.7. The highest BCUT2D eigenvalue weighted by atomic mass is 16.5. The van der Waals surface area contributed by atoms with E-state index in [2.05, 4.69) is 26.6 Å². The number of benzene rings is 2. The molecular weight excluding hydrogens is 378 g/mol. The summed E-state index contributed by atoms with van der Waals surface area (Å²) in [6.07, 6.45) is 2.05. The molecule has 0 unspecified atom stereocenters. The quantitative estimate of drug-likeness (QED) is 0.733. The smallest absolute Gasteiger partial charge is 0.174 e. The number of aliphatic imine (C=N–C) groups is 2. The first-order valence-corrected chi connectivity index (χ1v) is 10.2. The van der Waals surface area contributed by atoms with Crippen molar-refractivity contribution in [2.24, 2.45) is 9.98 Å². The second kappa shape index (κ2) is 7.18. The normalized spacial score (nSPS) is 17.7. The van der Waals surface area contributed by atoms with E-state index >= 15 is 0 Å². The summed E-state index contributed by atoms with van der Waals surface area (Å²) in [6, 6.07) is 13.9. The van der Waals surface area contributed by atoms with E-state index in [0.29, 0.717) is 6.61 Å². The third-order valence-corrected chi connectivity index (χ3v) is 5.40. The minimum Gasteiger partial charge on any atom is -0.490 e. The van der Waals surface area contributed by atoms with Crippen molar-refractivity contribution in [2.45, 2.75) is 19.4 Å². The molecule has 2 aromatic rings. The third kappa shape index (κ3) is 3.52. The van der Waals surface area contributed by atoms with Gasteiger partial charge in [-0.05, 0) is 43.7 Å². The fraction of sp³-hybridized carbons (Fsp3) is 0.304. The summed E-state index contributed by atoms with van der Waals surface area (Å²) in [6.45, 7) is 6.62. The topological polar surface area (TPSA) is 81.5 Å². The van der Waals surface area contributed by atoms with Crippen molar-refractivity contribution in [2.75, 3.05) is 36.9 Å². The van der Waals surface area contributed by atoms with Crippen LogP contribution in [0, 0.1) is 0 Å². The number of aliphatic hydroxyl groups is 1. The summed E-state index contributed by atoms with van der Waals surface area (Å²) in [5.74, 6) is 2.42. The van der Waals surface area contributed by atoms with Gasteiger partial charge in [-0.2, -0.15) is 0 Å². The zero-order chi connectivity index (χ0) is 20.7. The van der Waals surface area contributed by atoms with Gasteiger partial charge in [-0.25, -0.2) is 4.99 Å². The molecule has 0 bridgehead atoms. The molecular formula is C23H25N5O2. The van der Waals surface area contributed by atoms with Crippen LogP contribution in [0.2, 0.25) is 0 Å². The average Bonchev–Trinajstić information content (AvgIpc) is 3.22. The Labute approximate surface area is 175 Å². The lowest BCUT2D eigenvalue weighted by molar-refractivity contribution is 0.0786. The van der Waals surface area contributed by atoms with Crippen LogP contribution in [0.4, 0.5) is 11.4 Å². The molecule has 0 amide bonds. The Morgan fingerprint density at radius 1 is 1.17 bits per heavy atom. The lowest BCUT2D eigenvalue weighted by Gasteiger charge is -2.25. The number of rotatable bonds is 3. The number of nitrogens with one attached hydrogen (secondary N) is 2. The number of fused-ring (bicyclic) bond motifs is 2. The maximum Gasteiger partial charge on any atom is 0.174 e. The van der Waals surface area contributed by atoms with Gasteiger partial charge in [0.15, 0.2) is 11.7 Å². The Balaban J connectivity index is 1.45. The van der Waals surface area contributed by atoms with Crippen LogP contribution in [0.25, 0.3) is 5.70 Å². The van der Waals surface area contributed by atoms with Crippen LogP contribution >= 0.6 is 0 Å². The van der Waals surface area contributed by atoms with Crippen LogP contribution in [0.1, 0.15) is 25.0 Å². The van der Waals surface area contributed by atoms with Gasteiger partial charge in [0.05, 0.1) is 23.5 Å². The Bertz CT molecular complexity index is 1060. The fourth-order valence-electron chi connectivity index (χ4n) is 3.76. The van der Waals surface area contributed by atoms with Crippen molar-refractivity contribution in [3.05, 3.63) is 59.8 Å². The Morgan fingerprint density at radius 2 is 2.00 bits per heavy atom. The monoisotopic (exact) mass is 403 g/mol. The highest BCUT2D eigenvalue weighted by Crippen LogP contribution is 2.33. The SMILES string of the molecule is CC(C)(O)c1ccc(NC2=NC(c3ccc4c(c3)OCCN4)=CN3CCN=C23)cc1. The van der Waals surface area contributed by atoms with E-state index in [-0.39, 0.29) is 0 Å². The number of nitrogens with zero attached hydrogens (tertiary/aromatic N) is 3. The summed E-state index contributed by atoms with van der Waals surface area (Å²) in [4.78, 5) is 11.6. The molecule has 2 aromatic carbocycles. The molecule has 0 atom stereocenters. The maximum atomic E-state index is 10.2. The van der Waals surface area contributed by atoms with Gasteiger partial charge < -0.3 is 25.4 Å². The molecule has 3 aliphatic rings. The van der Waals surface area contributed by atoms with Gasteiger partial charge in [-0.1, -0.05) is 18.2 Å². The second-order valence-electron chi connectivity index (χ2n) is 8.12. The standard InChI is InChI=1S/C23H25N5O2/c1-23(2,29)16-4-6-17(7-5-16)26-21-22-25-9-11-28(22)14-19(27-21)15-3-8-18-20(13-15)30-12-10-24-18/h3-8,13-14,24,29H,9-12H2,1-2H3,(H,26,27). The zero-order valence-corrected chi connectivity index (χ0v) is 17.1. The molecule has 0 aliphatic carbocycles. The molecule has 30 heavy (non-hydrogen) atoms. The molecule has 3 N–H and O–H groups in total. The van der Waals surface area contributed by atoms with Crippen LogP contribution in [-0.4, -0.2) is 47.9 Å². The predicted molar refractivity (Wildman–Crippen MR) is 120 cm³/mol. The predicted octanol–water partition coefficient (Wildman–Crippen LogP) is 3.26. The minimum atomic E-state index is -0.869. The van der Waals surface area contributed by atoms with E-state index in [1.54, 1.807) is 13.8 Å². The van der Waals surface area contributed by atoms with E-state index in [1.165, 1.54) is 0 Å². The number of hydrogen-bond donors (Lipinski definition) is 3. The Kier molecular flexibility index (Phi) is 4.47. The second-order valence-corrected chi connectivity index (χ2v) is 8.12. The van der Waals surface area contributed by atoms with E-state index in [0.717, 1.165) is 65.3 Å². The van der Waals surface area contributed by atoms with Crippen molar-refractivity contribution in [1.82, 2.24) is 4.90 Å². The molecule has 5 rings (SSSR count). The molecule has 0 radical (unpaired) electrons. The molecule has 0 saturated heterocycles. The first-order chi connectivity index (χ1) is 14.5. The molecule has 154 valence electrons. The molecule has 0 spiro atoms. The third-order valence-electron chi connectivity index (χ3n) is 5.40. The van der Waals surface area contributed by atoms with E-state index in [4.69, 9.17) is 9.73 Å². The van der Waals surface area contributed by atoms with Gasteiger partial charge in [0.25, 0.3) is 0 Å². The zero-order valence-electron chi connectivity index (χ0n) is 17.1. The van der Waals surface area contributed by atoms with Gasteiger partial charge in [-0.3, -0.25) is 4.99 Å². The number of amidine groups is 2. The van der Waals surface area contributed by atoms with Crippen LogP contribution < -0.4 is 15.4 Å². The lowest BCUT2D eigenvalue weighted by atomic mass is 9.98. The summed E-state index contributed by atoms with van der Waals surface area (Å²) in [5, 5.41) is 16.9. The van der Waals surface area contributed by atoms with Crippen LogP contribution in [0.5, 0.6) is 5.75 Å². The van der Waals surface area contributed by atoms with Gasteiger partial charge in [0.2, 0.25) is 0 Å². The maximum absolute atomic E-state index is 10.2. The molecule has 3 aliphatic heterocycles. The van der Waals surface area contributed by atoms with Crippen LogP contribution in [0.3, 0.4) is 0 Å². The molecule has 7 nitrogen and oxygen atoms in total. The van der Waals surface area contributed by atoms with E-state index in [1.807, 2.05) is 42.6 Å². The molecule has 7 heteroatoms. The van der Waals surface area contributed by atoms with E-state index in [9.17, 15) is 5.11 Å². The fourth-order valence-corrected chi connectivity index (χ4v) is 3.76. The van der Waals surface area contributed by atoms with Crippen molar-refractivity contribution in [3.63, 3.8) is 0 Å². The minimum absolute atomic E-state index is 0.662. The van der Waals surface area contributed by atoms with Crippen molar-refractivity contribution in [3.8, 4) is 5.75 Å². The summed E-state index contributed by atoms with van der Waals surface area (Å²) in [7, 11) is 0. The van der Waals surface area contributed by atoms with E-state index < -0.39 is 5.60 Å². The highest BCUT2D eigenvalue weighted by molar-refractivity contribution is 6.46.